The van der Waals surface area contributed by atoms with Crippen LogP contribution >= 0.6 is 0 Å². The first-order valence-corrected chi connectivity index (χ1v) is 10.5. The lowest BCUT2D eigenvalue weighted by atomic mass is 10.0. The van der Waals surface area contributed by atoms with Crippen molar-refractivity contribution >= 4 is 5.91 Å². The summed E-state index contributed by atoms with van der Waals surface area (Å²) in [7, 11) is 0. The molecule has 1 unspecified atom stereocenters. The lowest BCUT2D eigenvalue weighted by molar-refractivity contribution is 0.0935. The van der Waals surface area contributed by atoms with Gasteiger partial charge in [-0.2, -0.15) is 0 Å². The van der Waals surface area contributed by atoms with E-state index in [2.05, 4.69) is 79.2 Å². The average molecular weight is 382 g/mol. The van der Waals surface area contributed by atoms with E-state index in [1.165, 1.54) is 11.1 Å². The number of hydrogen-bond acceptors (Lipinski definition) is 3. The number of carbonyl (C=O) groups is 1. The molecule has 1 atom stereocenters. The summed E-state index contributed by atoms with van der Waals surface area (Å²) in [4.78, 5) is 17.4. The molecule has 0 spiro atoms. The third-order valence-electron chi connectivity index (χ3n) is 5.41. The smallest absolute Gasteiger partial charge is 0.251 e. The van der Waals surface area contributed by atoms with Crippen molar-refractivity contribution in [3.8, 4) is 0 Å². The summed E-state index contributed by atoms with van der Waals surface area (Å²) in [5, 5.41) is 3.14. The van der Waals surface area contributed by atoms with E-state index in [1.807, 2.05) is 18.2 Å². The van der Waals surface area contributed by atoms with Crippen LogP contribution in [0, 0.1) is 0 Å². The molecule has 0 aliphatic carbocycles. The SMILES string of the molecule is CCN(CC)Cc1ccc(C(=O)NCC(c2ccccc2)N(CC)CC)cc1. The molecule has 1 amide bonds. The molecule has 2 aromatic carbocycles. The standard InChI is InChI=1S/C24H35N3O/c1-5-26(6-2)19-20-14-16-22(17-15-20)24(28)25-18-23(27(7-3)8-4)21-12-10-9-11-13-21/h9-17,23H,5-8,18-19H2,1-4H3,(H,25,28). The lowest BCUT2D eigenvalue weighted by Gasteiger charge is -2.30. The van der Waals surface area contributed by atoms with Gasteiger partial charge in [0.1, 0.15) is 0 Å². The predicted octanol–water partition coefficient (Wildman–Crippen LogP) is 4.34. The van der Waals surface area contributed by atoms with Crippen molar-refractivity contribution in [2.75, 3.05) is 32.7 Å². The molecule has 152 valence electrons. The summed E-state index contributed by atoms with van der Waals surface area (Å²) in [5.74, 6) is -0.0116. The minimum Gasteiger partial charge on any atom is -0.350 e. The van der Waals surface area contributed by atoms with Gasteiger partial charge in [0.05, 0.1) is 6.04 Å². The molecule has 1 N–H and O–H groups in total. The van der Waals surface area contributed by atoms with Crippen LogP contribution in [-0.4, -0.2) is 48.4 Å². The van der Waals surface area contributed by atoms with Crippen LogP contribution in [0.5, 0.6) is 0 Å². The minimum absolute atomic E-state index is 0.0116. The molecule has 0 saturated carbocycles. The van der Waals surface area contributed by atoms with E-state index < -0.39 is 0 Å². The molecule has 0 radical (unpaired) electrons. The molecular formula is C24H35N3O. The maximum absolute atomic E-state index is 12.7. The Morgan fingerprint density at radius 3 is 2.00 bits per heavy atom. The van der Waals surface area contributed by atoms with Gasteiger partial charge < -0.3 is 5.32 Å². The Kier molecular flexibility index (Phi) is 9.18. The monoisotopic (exact) mass is 381 g/mol. The molecule has 0 bridgehead atoms. The van der Waals surface area contributed by atoms with E-state index in [9.17, 15) is 4.79 Å². The average Bonchev–Trinajstić information content (AvgIpc) is 2.75. The molecule has 4 heteroatoms. The molecule has 2 aromatic rings. The van der Waals surface area contributed by atoms with E-state index >= 15 is 0 Å². The molecule has 0 aliphatic rings. The van der Waals surface area contributed by atoms with E-state index in [0.29, 0.717) is 6.54 Å². The minimum atomic E-state index is -0.0116. The summed E-state index contributed by atoms with van der Waals surface area (Å²) < 4.78 is 0. The topological polar surface area (TPSA) is 35.6 Å². The molecular weight excluding hydrogens is 346 g/mol. The van der Waals surface area contributed by atoms with Crippen LogP contribution in [0.1, 0.15) is 55.2 Å². The number of hydrogen-bond donors (Lipinski definition) is 1. The summed E-state index contributed by atoms with van der Waals surface area (Å²) >= 11 is 0. The fraction of sp³-hybridized carbons (Fsp3) is 0.458. The van der Waals surface area contributed by atoms with Gasteiger partial charge in [0.15, 0.2) is 0 Å². The summed E-state index contributed by atoms with van der Waals surface area (Å²) in [6.07, 6.45) is 0. The van der Waals surface area contributed by atoms with Crippen LogP contribution in [0.15, 0.2) is 54.6 Å². The van der Waals surface area contributed by atoms with Crippen molar-refractivity contribution in [3.63, 3.8) is 0 Å². The van der Waals surface area contributed by atoms with Gasteiger partial charge in [0.2, 0.25) is 0 Å². The number of amides is 1. The van der Waals surface area contributed by atoms with E-state index in [-0.39, 0.29) is 11.9 Å². The quantitative estimate of drug-likeness (QED) is 0.629. The third-order valence-corrected chi connectivity index (χ3v) is 5.41. The Hall–Kier alpha value is -2.17. The second-order valence-corrected chi connectivity index (χ2v) is 7.02. The van der Waals surface area contributed by atoms with Crippen LogP contribution < -0.4 is 5.32 Å². The molecule has 0 aliphatic heterocycles. The first-order chi connectivity index (χ1) is 13.6. The zero-order chi connectivity index (χ0) is 20.4. The zero-order valence-electron chi connectivity index (χ0n) is 17.8. The number of rotatable bonds is 11. The summed E-state index contributed by atoms with van der Waals surface area (Å²) in [5.41, 5.74) is 3.20. The van der Waals surface area contributed by atoms with Gasteiger partial charge in [-0.25, -0.2) is 0 Å². The largest absolute Gasteiger partial charge is 0.350 e. The van der Waals surface area contributed by atoms with Crippen molar-refractivity contribution < 1.29 is 4.79 Å². The number of nitrogens with one attached hydrogen (secondary N) is 1. The zero-order valence-corrected chi connectivity index (χ0v) is 17.8. The van der Waals surface area contributed by atoms with Gasteiger partial charge in [0.25, 0.3) is 5.91 Å². The van der Waals surface area contributed by atoms with E-state index in [1.54, 1.807) is 0 Å². The highest BCUT2D eigenvalue weighted by molar-refractivity contribution is 5.94. The van der Waals surface area contributed by atoms with Gasteiger partial charge in [0, 0.05) is 18.7 Å². The molecule has 0 aromatic heterocycles. The van der Waals surface area contributed by atoms with Crippen molar-refractivity contribution in [1.82, 2.24) is 15.1 Å². The van der Waals surface area contributed by atoms with Gasteiger partial charge in [-0.05, 0) is 49.4 Å². The molecule has 2 rings (SSSR count). The molecule has 28 heavy (non-hydrogen) atoms. The fourth-order valence-corrected chi connectivity index (χ4v) is 3.56. The summed E-state index contributed by atoms with van der Waals surface area (Å²) in [6, 6.07) is 18.6. The van der Waals surface area contributed by atoms with Crippen molar-refractivity contribution in [1.29, 1.82) is 0 Å². The lowest BCUT2D eigenvalue weighted by Crippen LogP contribution is -2.38. The van der Waals surface area contributed by atoms with Crippen LogP contribution in [0.4, 0.5) is 0 Å². The van der Waals surface area contributed by atoms with Crippen molar-refractivity contribution in [2.45, 2.75) is 40.3 Å². The first-order valence-electron chi connectivity index (χ1n) is 10.5. The van der Waals surface area contributed by atoms with Gasteiger partial charge in [-0.15, -0.1) is 0 Å². The van der Waals surface area contributed by atoms with Crippen LogP contribution in [0.2, 0.25) is 0 Å². The van der Waals surface area contributed by atoms with Crippen LogP contribution in [0.3, 0.4) is 0 Å². The van der Waals surface area contributed by atoms with Crippen LogP contribution in [-0.2, 0) is 6.54 Å². The van der Waals surface area contributed by atoms with Crippen molar-refractivity contribution in [2.24, 2.45) is 0 Å². The Labute approximate surface area is 170 Å². The second kappa shape index (κ2) is 11.6. The maximum Gasteiger partial charge on any atom is 0.251 e. The van der Waals surface area contributed by atoms with Crippen LogP contribution in [0.25, 0.3) is 0 Å². The Morgan fingerprint density at radius 1 is 0.857 bits per heavy atom. The number of likely N-dealkylation sites (N-methyl/N-ethyl adjacent to an activating group) is 1. The molecule has 0 saturated heterocycles. The fourth-order valence-electron chi connectivity index (χ4n) is 3.56. The Balaban J connectivity index is 2.02. The van der Waals surface area contributed by atoms with Gasteiger partial charge >= 0.3 is 0 Å². The van der Waals surface area contributed by atoms with Gasteiger partial charge in [-0.1, -0.05) is 70.2 Å². The number of benzene rings is 2. The van der Waals surface area contributed by atoms with E-state index in [0.717, 1.165) is 38.3 Å². The molecule has 4 nitrogen and oxygen atoms in total. The Morgan fingerprint density at radius 2 is 1.46 bits per heavy atom. The van der Waals surface area contributed by atoms with Crippen molar-refractivity contribution in [3.05, 3.63) is 71.3 Å². The maximum atomic E-state index is 12.7. The highest BCUT2D eigenvalue weighted by atomic mass is 16.1. The highest BCUT2D eigenvalue weighted by Gasteiger charge is 2.19. The number of carbonyl (C=O) groups excluding carboxylic acids is 1. The second-order valence-electron chi connectivity index (χ2n) is 7.02. The molecule has 0 fully saturated rings. The Bertz CT molecular complexity index is 692. The summed E-state index contributed by atoms with van der Waals surface area (Å²) in [6.45, 7) is 14.2. The molecule has 0 heterocycles. The predicted molar refractivity (Wildman–Crippen MR) is 118 cm³/mol. The third kappa shape index (κ3) is 6.18. The first kappa shape index (κ1) is 22.1. The highest BCUT2D eigenvalue weighted by Crippen LogP contribution is 2.19. The van der Waals surface area contributed by atoms with E-state index in [4.69, 9.17) is 0 Å². The normalized spacial score (nSPS) is 12.4. The van der Waals surface area contributed by atoms with Gasteiger partial charge in [-0.3, -0.25) is 14.6 Å². The number of nitrogens with zero attached hydrogens (tertiary/aromatic N) is 2.